The van der Waals surface area contributed by atoms with Gasteiger partial charge in [-0.05, 0) is 31.0 Å². The van der Waals surface area contributed by atoms with E-state index in [0.29, 0.717) is 22.6 Å². The first kappa shape index (κ1) is 22.8. The molecule has 0 spiro atoms. The van der Waals surface area contributed by atoms with E-state index in [2.05, 4.69) is 10.4 Å². The van der Waals surface area contributed by atoms with Gasteiger partial charge < -0.3 is 14.8 Å². The van der Waals surface area contributed by atoms with Crippen molar-refractivity contribution in [3.63, 3.8) is 0 Å². The second kappa shape index (κ2) is 9.82. The van der Waals surface area contributed by atoms with Gasteiger partial charge in [-0.3, -0.25) is 4.79 Å². The number of hydrogen-bond acceptors (Lipinski definition) is 4. The molecule has 1 heterocycles. The van der Waals surface area contributed by atoms with Crippen LogP contribution in [0.5, 0.6) is 11.5 Å². The predicted octanol–water partition coefficient (Wildman–Crippen LogP) is 4.35. The Morgan fingerprint density at radius 1 is 1.17 bits per heavy atom. The number of hydrogen-bond donors (Lipinski definition) is 1. The molecule has 1 aromatic heterocycles. The third kappa shape index (κ3) is 5.11. The van der Waals surface area contributed by atoms with Crippen LogP contribution in [0.25, 0.3) is 0 Å². The Balaban J connectivity index is 2.07. The van der Waals surface area contributed by atoms with Gasteiger partial charge in [-0.15, -0.1) is 0 Å². The highest BCUT2D eigenvalue weighted by atomic mass is 35.5. The van der Waals surface area contributed by atoms with E-state index in [1.165, 1.54) is 21.1 Å². The number of nitrogens with zero attached hydrogens (tertiary/aromatic N) is 2. The second-order valence-corrected chi connectivity index (χ2v) is 6.41. The van der Waals surface area contributed by atoms with E-state index < -0.39 is 41.2 Å². The highest BCUT2D eigenvalue weighted by Crippen LogP contribution is 2.36. The first-order chi connectivity index (χ1) is 13.7. The van der Waals surface area contributed by atoms with Gasteiger partial charge in [-0.25, -0.2) is 22.2 Å². The Morgan fingerprint density at radius 3 is 2.38 bits per heavy atom. The molecule has 1 N–H and O–H groups in total. The number of alkyl halides is 4. The number of carbonyl (C=O) groups excluding carboxylic acids is 1. The van der Waals surface area contributed by atoms with Crippen molar-refractivity contribution >= 4 is 17.5 Å². The summed E-state index contributed by atoms with van der Waals surface area (Å²) in [5.41, 5.74) is -1.05. The van der Waals surface area contributed by atoms with Crippen LogP contribution < -0.4 is 14.8 Å². The molecule has 0 aliphatic carbocycles. The molecule has 0 radical (unpaired) electrons. The van der Waals surface area contributed by atoms with E-state index in [1.54, 1.807) is 18.2 Å². The third-order valence-corrected chi connectivity index (χ3v) is 4.62. The minimum absolute atomic E-state index is 0.180. The zero-order chi connectivity index (χ0) is 21.7. The van der Waals surface area contributed by atoms with Crippen molar-refractivity contribution in [3.8, 4) is 11.5 Å². The maximum atomic E-state index is 13.3. The molecule has 6 nitrogen and oxygen atoms in total. The number of methoxy groups -OCH3 is 2. The van der Waals surface area contributed by atoms with Crippen LogP contribution in [0.4, 0.5) is 17.6 Å². The summed E-state index contributed by atoms with van der Waals surface area (Å²) in [6, 6.07) is 3.99. The van der Waals surface area contributed by atoms with Gasteiger partial charge in [0.25, 0.3) is 12.9 Å². The molecule has 1 atom stereocenters. The van der Waals surface area contributed by atoms with Crippen LogP contribution in [0.3, 0.4) is 0 Å². The number of amides is 1. The molecule has 0 saturated carbocycles. The Hall–Kier alpha value is -2.49. The SMILES string of the molecule is COc1ccc(CCNC(=O)C(C)n2nc(C(F)F)c(Cl)c2C(F)F)cc1OC. The van der Waals surface area contributed by atoms with E-state index in [-0.39, 0.29) is 6.54 Å². The minimum atomic E-state index is -3.16. The van der Waals surface area contributed by atoms with Crippen molar-refractivity contribution in [1.29, 1.82) is 0 Å². The standard InChI is InChI=1S/C18H20ClF4N3O3/c1-9(26-15(17(22)23)13(19)14(25-26)16(20)21)18(27)24-7-6-10-4-5-11(28-2)12(8-10)29-3/h4-5,8-9,16-17H,6-7H2,1-3H3,(H,24,27). The number of rotatable bonds is 9. The minimum Gasteiger partial charge on any atom is -0.493 e. The molecule has 160 valence electrons. The predicted molar refractivity (Wildman–Crippen MR) is 98.1 cm³/mol. The third-order valence-electron chi connectivity index (χ3n) is 4.23. The smallest absolute Gasteiger partial charge is 0.283 e. The number of carbonyl (C=O) groups is 1. The normalized spacial score (nSPS) is 12.3. The molecule has 0 fully saturated rings. The van der Waals surface area contributed by atoms with E-state index in [0.717, 1.165) is 5.56 Å². The number of benzene rings is 1. The lowest BCUT2D eigenvalue weighted by Crippen LogP contribution is -2.33. The number of aromatic nitrogens is 2. The van der Waals surface area contributed by atoms with Crippen molar-refractivity contribution in [2.75, 3.05) is 20.8 Å². The van der Waals surface area contributed by atoms with Gasteiger partial charge in [0, 0.05) is 6.54 Å². The summed E-state index contributed by atoms with van der Waals surface area (Å²) >= 11 is 5.61. The molecule has 0 saturated heterocycles. The lowest BCUT2D eigenvalue weighted by Gasteiger charge is -2.16. The molecule has 0 aliphatic rings. The maximum Gasteiger partial charge on any atom is 0.283 e. The summed E-state index contributed by atoms with van der Waals surface area (Å²) in [6.07, 6.45) is -5.88. The summed E-state index contributed by atoms with van der Waals surface area (Å²) < 4.78 is 63.2. The van der Waals surface area contributed by atoms with E-state index in [4.69, 9.17) is 21.1 Å². The van der Waals surface area contributed by atoms with Gasteiger partial charge in [0.1, 0.15) is 17.4 Å². The lowest BCUT2D eigenvalue weighted by molar-refractivity contribution is -0.124. The molecule has 2 rings (SSSR count). The van der Waals surface area contributed by atoms with Gasteiger partial charge >= 0.3 is 0 Å². The first-order valence-electron chi connectivity index (χ1n) is 8.53. The largest absolute Gasteiger partial charge is 0.493 e. The van der Waals surface area contributed by atoms with Crippen LogP contribution in [-0.4, -0.2) is 36.5 Å². The van der Waals surface area contributed by atoms with Crippen molar-refractivity contribution < 1.29 is 31.8 Å². The first-order valence-corrected chi connectivity index (χ1v) is 8.91. The molecule has 2 aromatic rings. The molecular formula is C18H20ClF4N3O3. The Bertz CT molecular complexity index is 861. The fourth-order valence-electron chi connectivity index (χ4n) is 2.70. The topological polar surface area (TPSA) is 65.4 Å². The average molecular weight is 438 g/mol. The van der Waals surface area contributed by atoms with Crippen LogP contribution in [-0.2, 0) is 11.2 Å². The fourth-order valence-corrected chi connectivity index (χ4v) is 2.99. The summed E-state index contributed by atoms with van der Waals surface area (Å²) in [4.78, 5) is 12.3. The van der Waals surface area contributed by atoms with Crippen LogP contribution >= 0.6 is 11.6 Å². The monoisotopic (exact) mass is 437 g/mol. The summed E-state index contributed by atoms with van der Waals surface area (Å²) in [5, 5.41) is 5.16. The van der Waals surface area contributed by atoms with Crippen LogP contribution in [0.1, 0.15) is 42.8 Å². The lowest BCUT2D eigenvalue weighted by atomic mass is 10.1. The molecular weight excluding hydrogens is 418 g/mol. The molecule has 1 amide bonds. The van der Waals surface area contributed by atoms with Crippen LogP contribution in [0, 0.1) is 0 Å². The highest BCUT2D eigenvalue weighted by Gasteiger charge is 2.31. The molecule has 11 heteroatoms. The van der Waals surface area contributed by atoms with Gasteiger partial charge in [0.15, 0.2) is 11.5 Å². The van der Waals surface area contributed by atoms with E-state index in [1.807, 2.05) is 0 Å². The number of nitrogens with one attached hydrogen (secondary N) is 1. The van der Waals surface area contributed by atoms with Crippen LogP contribution in [0.2, 0.25) is 5.02 Å². The van der Waals surface area contributed by atoms with Gasteiger partial charge in [-0.1, -0.05) is 17.7 Å². The molecule has 1 unspecified atom stereocenters. The van der Waals surface area contributed by atoms with Crippen molar-refractivity contribution in [2.24, 2.45) is 0 Å². The summed E-state index contributed by atoms with van der Waals surface area (Å²) in [7, 11) is 3.00. The van der Waals surface area contributed by atoms with Crippen molar-refractivity contribution in [3.05, 3.63) is 40.2 Å². The zero-order valence-electron chi connectivity index (χ0n) is 15.9. The number of ether oxygens (including phenoxy) is 2. The molecule has 29 heavy (non-hydrogen) atoms. The summed E-state index contributed by atoms with van der Waals surface area (Å²) in [5.74, 6) is 0.420. The van der Waals surface area contributed by atoms with Crippen molar-refractivity contribution in [1.82, 2.24) is 15.1 Å². The Kier molecular flexibility index (Phi) is 7.72. The fraction of sp³-hybridized carbons (Fsp3) is 0.444. The van der Waals surface area contributed by atoms with Crippen LogP contribution in [0.15, 0.2) is 18.2 Å². The summed E-state index contributed by atoms with van der Waals surface area (Å²) in [6.45, 7) is 1.45. The maximum absolute atomic E-state index is 13.3. The van der Waals surface area contributed by atoms with Gasteiger partial charge in [0.2, 0.25) is 5.91 Å². The van der Waals surface area contributed by atoms with Gasteiger partial charge in [0.05, 0.1) is 19.2 Å². The highest BCUT2D eigenvalue weighted by molar-refractivity contribution is 6.32. The van der Waals surface area contributed by atoms with E-state index in [9.17, 15) is 22.4 Å². The molecule has 1 aromatic carbocycles. The Morgan fingerprint density at radius 2 is 1.83 bits per heavy atom. The van der Waals surface area contributed by atoms with Crippen molar-refractivity contribution in [2.45, 2.75) is 32.2 Å². The zero-order valence-corrected chi connectivity index (χ0v) is 16.6. The van der Waals surface area contributed by atoms with E-state index >= 15 is 0 Å². The Labute approximate surface area is 169 Å². The van der Waals surface area contributed by atoms with Gasteiger partial charge in [-0.2, -0.15) is 5.10 Å². The quantitative estimate of drug-likeness (QED) is 0.592. The second-order valence-electron chi connectivity index (χ2n) is 6.04. The molecule has 0 aliphatic heterocycles. The average Bonchev–Trinajstić information content (AvgIpc) is 3.04. The number of halogens is 5. The molecule has 0 bridgehead atoms.